The van der Waals surface area contributed by atoms with Crippen LogP contribution in [0, 0.1) is 5.92 Å². The van der Waals surface area contributed by atoms with Crippen molar-refractivity contribution in [2.75, 3.05) is 26.2 Å². The number of nitrogens with zero attached hydrogens (tertiary/aromatic N) is 4. The lowest BCUT2D eigenvalue weighted by Crippen LogP contribution is -2.44. The molecular formula is C22H28N4O2. The maximum Gasteiger partial charge on any atom is 0.225 e. The van der Waals surface area contributed by atoms with Gasteiger partial charge in [-0.05, 0) is 19.3 Å². The molecule has 2 aromatic rings. The van der Waals surface area contributed by atoms with E-state index in [4.69, 9.17) is 5.10 Å². The number of fused-ring (bicyclic) bond motifs is 1. The number of piperidine rings is 1. The van der Waals surface area contributed by atoms with Crippen molar-refractivity contribution in [1.29, 1.82) is 0 Å². The van der Waals surface area contributed by atoms with Gasteiger partial charge in [-0.3, -0.25) is 14.3 Å². The van der Waals surface area contributed by atoms with Crippen LogP contribution in [0.4, 0.5) is 0 Å². The number of likely N-dealkylation sites (tertiary alicyclic amines) is 1. The second kappa shape index (κ2) is 7.78. The van der Waals surface area contributed by atoms with Crippen LogP contribution in [0.1, 0.15) is 31.0 Å². The van der Waals surface area contributed by atoms with Gasteiger partial charge in [0.25, 0.3) is 0 Å². The lowest BCUT2D eigenvalue weighted by Gasteiger charge is -2.33. The highest BCUT2D eigenvalue weighted by Gasteiger charge is 2.31. The van der Waals surface area contributed by atoms with E-state index >= 15 is 0 Å². The van der Waals surface area contributed by atoms with E-state index in [0.29, 0.717) is 13.1 Å². The standard InChI is InChI=1S/C22H28N4O2/c1-16(27)25-12-8-18(9-13-25)22(28)26-14-10-19-20(11-15-26)24(2)23-21(19)17-6-4-3-5-7-17/h3-7,18H,8-15H2,1-2H3. The van der Waals surface area contributed by atoms with Crippen molar-refractivity contribution >= 4 is 11.8 Å². The van der Waals surface area contributed by atoms with E-state index in [0.717, 1.165) is 50.0 Å². The van der Waals surface area contributed by atoms with Gasteiger partial charge >= 0.3 is 0 Å². The molecule has 4 rings (SSSR count). The summed E-state index contributed by atoms with van der Waals surface area (Å²) in [5, 5.41) is 4.76. The molecule has 0 radical (unpaired) electrons. The van der Waals surface area contributed by atoms with Crippen LogP contribution in [0.5, 0.6) is 0 Å². The van der Waals surface area contributed by atoms with Crippen molar-refractivity contribution in [2.45, 2.75) is 32.6 Å². The molecule has 28 heavy (non-hydrogen) atoms. The monoisotopic (exact) mass is 380 g/mol. The summed E-state index contributed by atoms with van der Waals surface area (Å²) in [5.41, 5.74) is 4.69. The third-order valence-electron chi connectivity index (χ3n) is 6.17. The Kier molecular flexibility index (Phi) is 5.20. The van der Waals surface area contributed by atoms with Crippen LogP contribution >= 0.6 is 0 Å². The number of aromatic nitrogens is 2. The van der Waals surface area contributed by atoms with E-state index in [1.54, 1.807) is 6.92 Å². The predicted octanol–water partition coefficient (Wildman–Crippen LogP) is 2.27. The van der Waals surface area contributed by atoms with E-state index in [2.05, 4.69) is 12.1 Å². The molecular weight excluding hydrogens is 352 g/mol. The molecule has 0 bridgehead atoms. The summed E-state index contributed by atoms with van der Waals surface area (Å²) >= 11 is 0. The molecule has 0 aliphatic carbocycles. The smallest absolute Gasteiger partial charge is 0.225 e. The van der Waals surface area contributed by atoms with Gasteiger partial charge in [-0.25, -0.2) is 0 Å². The molecule has 2 aliphatic rings. The van der Waals surface area contributed by atoms with E-state index < -0.39 is 0 Å². The van der Waals surface area contributed by atoms with Crippen LogP contribution in [-0.4, -0.2) is 57.6 Å². The zero-order valence-electron chi connectivity index (χ0n) is 16.7. The number of hydrogen-bond donors (Lipinski definition) is 0. The molecule has 6 nitrogen and oxygen atoms in total. The van der Waals surface area contributed by atoms with Gasteiger partial charge in [-0.1, -0.05) is 30.3 Å². The first kappa shape index (κ1) is 18.7. The molecule has 148 valence electrons. The SMILES string of the molecule is CC(=O)N1CCC(C(=O)N2CCc3c(-c4ccccc4)nn(C)c3CC2)CC1. The lowest BCUT2D eigenvalue weighted by atomic mass is 9.95. The highest BCUT2D eigenvalue weighted by atomic mass is 16.2. The van der Waals surface area contributed by atoms with Gasteiger partial charge in [0.05, 0.1) is 5.69 Å². The van der Waals surface area contributed by atoms with Gasteiger partial charge < -0.3 is 9.80 Å². The van der Waals surface area contributed by atoms with Crippen LogP contribution in [0.15, 0.2) is 30.3 Å². The summed E-state index contributed by atoms with van der Waals surface area (Å²) in [4.78, 5) is 28.5. The molecule has 1 aromatic carbocycles. The van der Waals surface area contributed by atoms with Crippen LogP contribution < -0.4 is 0 Å². The number of rotatable bonds is 2. The van der Waals surface area contributed by atoms with E-state index in [-0.39, 0.29) is 17.7 Å². The van der Waals surface area contributed by atoms with Crippen molar-refractivity contribution in [3.8, 4) is 11.3 Å². The second-order valence-corrected chi connectivity index (χ2v) is 7.87. The summed E-state index contributed by atoms with van der Waals surface area (Å²) in [6.45, 7) is 4.48. The Morgan fingerprint density at radius 2 is 1.64 bits per heavy atom. The Morgan fingerprint density at radius 3 is 2.32 bits per heavy atom. The minimum atomic E-state index is 0.0449. The first-order valence-electron chi connectivity index (χ1n) is 10.2. The zero-order valence-corrected chi connectivity index (χ0v) is 16.7. The summed E-state index contributed by atoms with van der Waals surface area (Å²) in [6, 6.07) is 10.3. The van der Waals surface area contributed by atoms with Crippen molar-refractivity contribution in [1.82, 2.24) is 19.6 Å². The van der Waals surface area contributed by atoms with Crippen LogP contribution in [0.3, 0.4) is 0 Å². The molecule has 2 amide bonds. The third-order valence-corrected chi connectivity index (χ3v) is 6.17. The van der Waals surface area contributed by atoms with Gasteiger partial charge in [0.1, 0.15) is 0 Å². The van der Waals surface area contributed by atoms with Crippen molar-refractivity contribution in [3.05, 3.63) is 41.6 Å². The average Bonchev–Trinajstić information content (AvgIpc) is 2.89. The second-order valence-electron chi connectivity index (χ2n) is 7.87. The zero-order chi connectivity index (χ0) is 19.7. The molecule has 0 N–H and O–H groups in total. The fourth-order valence-electron chi connectivity index (χ4n) is 4.53. The molecule has 1 fully saturated rings. The number of carbonyl (C=O) groups is 2. The number of benzene rings is 1. The van der Waals surface area contributed by atoms with Gasteiger partial charge in [0.2, 0.25) is 11.8 Å². The summed E-state index contributed by atoms with van der Waals surface area (Å²) in [7, 11) is 2.00. The largest absolute Gasteiger partial charge is 0.343 e. The molecule has 0 spiro atoms. The van der Waals surface area contributed by atoms with Gasteiger partial charge in [0.15, 0.2) is 0 Å². The Hall–Kier alpha value is -2.63. The van der Waals surface area contributed by atoms with Crippen molar-refractivity contribution < 1.29 is 9.59 Å². The average molecular weight is 380 g/mol. The summed E-state index contributed by atoms with van der Waals surface area (Å²) in [5.74, 6) is 0.408. The first-order valence-corrected chi connectivity index (χ1v) is 10.2. The van der Waals surface area contributed by atoms with Crippen LogP contribution in [0.25, 0.3) is 11.3 Å². The summed E-state index contributed by atoms with van der Waals surface area (Å²) < 4.78 is 1.98. The Labute approximate surface area is 166 Å². The van der Waals surface area contributed by atoms with Gasteiger partial charge in [-0.2, -0.15) is 5.10 Å². The van der Waals surface area contributed by atoms with Gasteiger partial charge in [0, 0.05) is 69.3 Å². The van der Waals surface area contributed by atoms with E-state index in [1.165, 1.54) is 11.3 Å². The topological polar surface area (TPSA) is 58.4 Å². The molecule has 1 saturated heterocycles. The van der Waals surface area contributed by atoms with E-state index in [1.807, 2.05) is 39.7 Å². The minimum Gasteiger partial charge on any atom is -0.343 e. The highest BCUT2D eigenvalue weighted by Crippen LogP contribution is 2.29. The molecule has 0 atom stereocenters. The Bertz CT molecular complexity index is 866. The van der Waals surface area contributed by atoms with Crippen molar-refractivity contribution in [3.63, 3.8) is 0 Å². The van der Waals surface area contributed by atoms with Crippen molar-refractivity contribution in [2.24, 2.45) is 13.0 Å². The summed E-state index contributed by atoms with van der Waals surface area (Å²) in [6.07, 6.45) is 3.23. The molecule has 2 aliphatic heterocycles. The first-order chi connectivity index (χ1) is 13.5. The maximum absolute atomic E-state index is 13.1. The maximum atomic E-state index is 13.1. The Morgan fingerprint density at radius 1 is 0.964 bits per heavy atom. The molecule has 1 aromatic heterocycles. The number of carbonyl (C=O) groups excluding carboxylic acids is 2. The molecule has 0 saturated carbocycles. The molecule has 6 heteroatoms. The van der Waals surface area contributed by atoms with Crippen LogP contribution in [0.2, 0.25) is 0 Å². The van der Waals surface area contributed by atoms with E-state index in [9.17, 15) is 9.59 Å². The minimum absolute atomic E-state index is 0.0449. The predicted molar refractivity (Wildman–Crippen MR) is 108 cm³/mol. The quantitative estimate of drug-likeness (QED) is 0.803. The number of amides is 2. The third kappa shape index (κ3) is 3.55. The fourth-order valence-corrected chi connectivity index (χ4v) is 4.53. The number of hydrogen-bond acceptors (Lipinski definition) is 3. The molecule has 3 heterocycles. The fraction of sp³-hybridized carbons (Fsp3) is 0.500. The van der Waals surface area contributed by atoms with Crippen LogP contribution in [-0.2, 0) is 29.5 Å². The molecule has 0 unspecified atom stereocenters. The number of aryl methyl sites for hydroxylation is 1. The lowest BCUT2D eigenvalue weighted by molar-refractivity contribution is -0.140. The highest BCUT2D eigenvalue weighted by molar-refractivity contribution is 5.80. The van der Waals surface area contributed by atoms with Gasteiger partial charge in [-0.15, -0.1) is 0 Å². The Balaban J connectivity index is 1.47. The normalized spacial score (nSPS) is 17.9.